The summed E-state index contributed by atoms with van der Waals surface area (Å²) < 4.78 is 0. The van der Waals surface area contributed by atoms with Gasteiger partial charge in [0.2, 0.25) is 0 Å². The van der Waals surface area contributed by atoms with Crippen molar-refractivity contribution in [1.29, 1.82) is 0 Å². The molecule has 0 aromatic carbocycles. The fraction of sp³-hybridized carbons (Fsp3) is 0.444. The van der Waals surface area contributed by atoms with Gasteiger partial charge in [0.15, 0.2) is 0 Å². The maximum absolute atomic E-state index is 5.70. The lowest BCUT2D eigenvalue weighted by molar-refractivity contribution is 0.867. The Bertz CT molecular complexity index is 286. The molecule has 1 aromatic rings. The SMILES string of the molecule is C/C(=C\c1nc(C)cs1)C(C)N. The van der Waals surface area contributed by atoms with Gasteiger partial charge in [0.05, 0.1) is 0 Å². The Morgan fingerprint density at radius 3 is 2.83 bits per heavy atom. The Balaban J connectivity index is 2.80. The van der Waals surface area contributed by atoms with Crippen LogP contribution in [0.2, 0.25) is 0 Å². The average Bonchev–Trinajstić information content (AvgIpc) is 2.35. The van der Waals surface area contributed by atoms with Gasteiger partial charge in [-0.3, -0.25) is 0 Å². The molecule has 1 heterocycles. The Hall–Kier alpha value is -0.670. The first kappa shape index (κ1) is 9.42. The number of hydrogen-bond acceptors (Lipinski definition) is 3. The van der Waals surface area contributed by atoms with Crippen molar-refractivity contribution in [3.05, 3.63) is 21.7 Å². The number of rotatable bonds is 2. The molecule has 12 heavy (non-hydrogen) atoms. The number of nitrogens with two attached hydrogens (primary N) is 1. The molecule has 1 aromatic heterocycles. The summed E-state index contributed by atoms with van der Waals surface area (Å²) >= 11 is 1.65. The number of aryl methyl sites for hydroxylation is 1. The number of thiazole rings is 1. The molecule has 0 radical (unpaired) electrons. The molecule has 2 nitrogen and oxygen atoms in total. The smallest absolute Gasteiger partial charge is 0.116 e. The molecular formula is C9H14N2S. The van der Waals surface area contributed by atoms with Gasteiger partial charge in [-0.1, -0.05) is 5.57 Å². The predicted octanol–water partition coefficient (Wildman–Crippen LogP) is 2.20. The minimum atomic E-state index is 0.120. The van der Waals surface area contributed by atoms with Gasteiger partial charge in [-0.15, -0.1) is 11.3 Å². The highest BCUT2D eigenvalue weighted by Crippen LogP contribution is 2.13. The van der Waals surface area contributed by atoms with E-state index in [0.29, 0.717) is 0 Å². The molecule has 66 valence electrons. The molecule has 0 fully saturated rings. The lowest BCUT2D eigenvalue weighted by Gasteiger charge is -2.02. The van der Waals surface area contributed by atoms with E-state index in [9.17, 15) is 0 Å². The van der Waals surface area contributed by atoms with E-state index < -0.39 is 0 Å². The van der Waals surface area contributed by atoms with Crippen LogP contribution in [0.1, 0.15) is 24.5 Å². The predicted molar refractivity (Wildman–Crippen MR) is 54.2 cm³/mol. The van der Waals surface area contributed by atoms with Crippen LogP contribution in [0.25, 0.3) is 6.08 Å². The largest absolute Gasteiger partial charge is 0.324 e. The van der Waals surface area contributed by atoms with Crippen LogP contribution in [0.5, 0.6) is 0 Å². The van der Waals surface area contributed by atoms with Gasteiger partial charge >= 0.3 is 0 Å². The maximum Gasteiger partial charge on any atom is 0.116 e. The molecule has 0 saturated heterocycles. The van der Waals surface area contributed by atoms with Crippen molar-refractivity contribution in [2.24, 2.45) is 5.73 Å². The molecule has 2 N–H and O–H groups in total. The molecule has 0 amide bonds. The molecule has 3 heteroatoms. The van der Waals surface area contributed by atoms with Crippen molar-refractivity contribution >= 4 is 17.4 Å². The highest BCUT2D eigenvalue weighted by Gasteiger charge is 1.99. The van der Waals surface area contributed by atoms with E-state index in [1.807, 2.05) is 32.2 Å². The summed E-state index contributed by atoms with van der Waals surface area (Å²) in [7, 11) is 0. The monoisotopic (exact) mass is 182 g/mol. The molecule has 1 rings (SSSR count). The Labute approximate surface area is 77.1 Å². The second-order valence-electron chi connectivity index (χ2n) is 3.00. The van der Waals surface area contributed by atoms with E-state index in [0.717, 1.165) is 10.7 Å². The summed E-state index contributed by atoms with van der Waals surface area (Å²) in [6.07, 6.45) is 2.04. The highest BCUT2D eigenvalue weighted by atomic mass is 32.1. The average molecular weight is 182 g/mol. The summed E-state index contributed by atoms with van der Waals surface area (Å²) in [6, 6.07) is 0.120. The van der Waals surface area contributed by atoms with Crippen molar-refractivity contribution in [2.45, 2.75) is 26.8 Å². The molecule has 0 aliphatic rings. The number of hydrogen-bond donors (Lipinski definition) is 1. The zero-order valence-corrected chi connectivity index (χ0v) is 8.48. The molecule has 1 unspecified atom stereocenters. The highest BCUT2D eigenvalue weighted by molar-refractivity contribution is 7.10. The maximum atomic E-state index is 5.70. The fourth-order valence-corrected chi connectivity index (χ4v) is 1.56. The third kappa shape index (κ3) is 2.43. The summed E-state index contributed by atoms with van der Waals surface area (Å²) in [5.41, 5.74) is 7.94. The van der Waals surface area contributed by atoms with Crippen LogP contribution in [0.15, 0.2) is 11.0 Å². The van der Waals surface area contributed by atoms with Gasteiger partial charge < -0.3 is 5.73 Å². The third-order valence-corrected chi connectivity index (χ3v) is 2.62. The van der Waals surface area contributed by atoms with Crippen LogP contribution in [0.4, 0.5) is 0 Å². The second kappa shape index (κ2) is 3.83. The first-order valence-electron chi connectivity index (χ1n) is 3.95. The number of nitrogens with zero attached hydrogens (tertiary/aromatic N) is 1. The van der Waals surface area contributed by atoms with Crippen LogP contribution >= 0.6 is 11.3 Å². The first-order valence-corrected chi connectivity index (χ1v) is 4.83. The zero-order valence-electron chi connectivity index (χ0n) is 7.66. The van der Waals surface area contributed by atoms with E-state index >= 15 is 0 Å². The summed E-state index contributed by atoms with van der Waals surface area (Å²) in [5, 5.41) is 3.09. The molecule has 0 aliphatic carbocycles. The van der Waals surface area contributed by atoms with Crippen molar-refractivity contribution in [2.75, 3.05) is 0 Å². The molecule has 0 spiro atoms. The quantitative estimate of drug-likeness (QED) is 0.761. The van der Waals surface area contributed by atoms with Crippen molar-refractivity contribution < 1.29 is 0 Å². The van der Waals surface area contributed by atoms with E-state index in [1.54, 1.807) is 11.3 Å². The zero-order chi connectivity index (χ0) is 9.14. The summed E-state index contributed by atoms with van der Waals surface area (Å²) in [5.74, 6) is 0. The van der Waals surface area contributed by atoms with E-state index in [-0.39, 0.29) is 6.04 Å². The minimum Gasteiger partial charge on any atom is -0.324 e. The molecule has 1 atom stereocenters. The van der Waals surface area contributed by atoms with Gasteiger partial charge in [-0.25, -0.2) is 4.98 Å². The molecule has 0 aliphatic heterocycles. The van der Waals surface area contributed by atoms with Gasteiger partial charge in [-0.2, -0.15) is 0 Å². The van der Waals surface area contributed by atoms with E-state index in [2.05, 4.69) is 4.98 Å². The van der Waals surface area contributed by atoms with Crippen LogP contribution in [0, 0.1) is 6.92 Å². The Morgan fingerprint density at radius 2 is 2.42 bits per heavy atom. The number of aromatic nitrogens is 1. The lowest BCUT2D eigenvalue weighted by atomic mass is 10.1. The van der Waals surface area contributed by atoms with Crippen molar-refractivity contribution in [3.8, 4) is 0 Å². The van der Waals surface area contributed by atoms with Gasteiger partial charge in [0, 0.05) is 17.1 Å². The summed E-state index contributed by atoms with van der Waals surface area (Å²) in [6.45, 7) is 6.00. The molecular weight excluding hydrogens is 168 g/mol. The fourth-order valence-electron chi connectivity index (χ4n) is 0.765. The summed E-state index contributed by atoms with van der Waals surface area (Å²) in [4.78, 5) is 4.32. The van der Waals surface area contributed by atoms with Gasteiger partial charge in [0.25, 0.3) is 0 Å². The minimum absolute atomic E-state index is 0.120. The van der Waals surface area contributed by atoms with E-state index in [1.165, 1.54) is 5.57 Å². The normalized spacial score (nSPS) is 14.8. The Kier molecular flexibility index (Phi) is 3.00. The van der Waals surface area contributed by atoms with Crippen LogP contribution in [0.3, 0.4) is 0 Å². The Morgan fingerprint density at radius 1 is 1.75 bits per heavy atom. The van der Waals surface area contributed by atoms with Crippen molar-refractivity contribution in [3.63, 3.8) is 0 Å². The molecule has 0 saturated carbocycles. The second-order valence-corrected chi connectivity index (χ2v) is 3.89. The third-order valence-electron chi connectivity index (χ3n) is 1.71. The van der Waals surface area contributed by atoms with Crippen LogP contribution in [-0.2, 0) is 0 Å². The van der Waals surface area contributed by atoms with Gasteiger partial charge in [0.1, 0.15) is 5.01 Å². The standard InChI is InChI=1S/C9H14N2S/c1-6(8(3)10)4-9-11-7(2)5-12-9/h4-5,8H,10H2,1-3H3/b6-4+. The lowest BCUT2D eigenvalue weighted by Crippen LogP contribution is -2.15. The van der Waals surface area contributed by atoms with Gasteiger partial charge in [-0.05, 0) is 26.8 Å². The van der Waals surface area contributed by atoms with Crippen LogP contribution in [-0.4, -0.2) is 11.0 Å². The topological polar surface area (TPSA) is 38.9 Å². The van der Waals surface area contributed by atoms with Crippen molar-refractivity contribution in [1.82, 2.24) is 4.98 Å². The first-order chi connectivity index (χ1) is 5.59. The van der Waals surface area contributed by atoms with Crippen LogP contribution < -0.4 is 5.73 Å². The molecule has 0 bridgehead atoms. The van der Waals surface area contributed by atoms with E-state index in [4.69, 9.17) is 5.73 Å².